The molecule has 0 bridgehead atoms. The van der Waals surface area contributed by atoms with Crippen LogP contribution in [0.4, 0.5) is 5.69 Å². The van der Waals surface area contributed by atoms with E-state index in [2.05, 4.69) is 65.2 Å². The number of hydrogen-bond donors (Lipinski definition) is 0. The van der Waals surface area contributed by atoms with Crippen molar-refractivity contribution in [3.05, 3.63) is 30.3 Å². The first-order chi connectivity index (χ1) is 6.31. The van der Waals surface area contributed by atoms with Gasteiger partial charge in [-0.05, 0) is 12.1 Å². The molecule has 0 spiro atoms. The molecular weight excluding hydrogens is 170 g/mol. The van der Waals surface area contributed by atoms with Crippen LogP contribution in [0.1, 0.15) is 20.8 Å². The third-order valence-electron chi connectivity index (χ3n) is 2.32. The quantitative estimate of drug-likeness (QED) is 0.631. The van der Waals surface area contributed by atoms with E-state index in [1.54, 1.807) is 0 Å². The lowest BCUT2D eigenvalue weighted by atomic mass is 9.95. The van der Waals surface area contributed by atoms with Gasteiger partial charge in [-0.2, -0.15) is 0 Å². The lowest BCUT2D eigenvalue weighted by Crippen LogP contribution is -2.46. The third kappa shape index (κ3) is 3.15. The molecule has 0 aromatic heterocycles. The zero-order valence-corrected chi connectivity index (χ0v) is 10.0. The Morgan fingerprint density at radius 3 is 1.93 bits per heavy atom. The normalized spacial score (nSPS) is 12.9. The van der Waals surface area contributed by atoms with Crippen molar-refractivity contribution in [1.29, 1.82) is 0 Å². The summed E-state index contributed by atoms with van der Waals surface area (Å²) in [6.07, 6.45) is 0. The number of quaternary nitrogens is 1. The molecule has 0 saturated carbocycles. The van der Waals surface area contributed by atoms with E-state index in [0.717, 1.165) is 11.0 Å². The predicted molar refractivity (Wildman–Crippen MR) is 64.4 cm³/mol. The van der Waals surface area contributed by atoms with Crippen LogP contribution in [0.5, 0.6) is 0 Å². The van der Waals surface area contributed by atoms with Crippen molar-refractivity contribution in [1.82, 2.24) is 4.48 Å². The van der Waals surface area contributed by atoms with Crippen LogP contribution in [-0.4, -0.2) is 20.6 Å². The molecule has 0 saturated heterocycles. The molecule has 0 aliphatic rings. The Labute approximate surface area is 88.0 Å². The highest BCUT2D eigenvalue weighted by Crippen LogP contribution is 2.24. The van der Waals surface area contributed by atoms with Gasteiger partial charge in [-0.15, -0.1) is 0 Å². The molecule has 0 heterocycles. The average molecular weight is 192 g/mol. The summed E-state index contributed by atoms with van der Waals surface area (Å²) in [5.74, 6) is 0. The van der Waals surface area contributed by atoms with Gasteiger partial charge in [-0.1, -0.05) is 39.0 Å². The number of rotatable bonds is 2. The maximum atomic E-state index is 2.29. The molecule has 0 unspecified atom stereocenters. The standard InChI is InChI=1S/C13H22N/c1-13(2,3)11-14(4,5)12-9-7-6-8-10-12/h6-10H,11H2,1-5H3/q+1. The average Bonchev–Trinajstić information content (AvgIpc) is 2.01. The van der Waals surface area contributed by atoms with Gasteiger partial charge in [-0.3, -0.25) is 4.48 Å². The molecule has 14 heavy (non-hydrogen) atoms. The van der Waals surface area contributed by atoms with E-state index in [-0.39, 0.29) is 0 Å². The summed E-state index contributed by atoms with van der Waals surface area (Å²) in [6, 6.07) is 10.7. The number of nitrogens with zero attached hydrogens (tertiary/aromatic N) is 1. The van der Waals surface area contributed by atoms with Gasteiger partial charge < -0.3 is 0 Å². The summed E-state index contributed by atoms with van der Waals surface area (Å²) < 4.78 is 0.949. The molecule has 0 N–H and O–H groups in total. The highest BCUT2D eigenvalue weighted by molar-refractivity contribution is 5.41. The van der Waals surface area contributed by atoms with E-state index in [0.29, 0.717) is 5.41 Å². The van der Waals surface area contributed by atoms with Crippen molar-refractivity contribution in [2.45, 2.75) is 20.8 Å². The predicted octanol–water partition coefficient (Wildman–Crippen LogP) is 3.30. The topological polar surface area (TPSA) is 0 Å². The minimum atomic E-state index is 0.360. The van der Waals surface area contributed by atoms with E-state index in [1.807, 2.05) is 0 Å². The van der Waals surface area contributed by atoms with Crippen LogP contribution in [-0.2, 0) is 0 Å². The van der Waals surface area contributed by atoms with Gasteiger partial charge in [0.2, 0.25) is 0 Å². The van der Waals surface area contributed by atoms with E-state index in [9.17, 15) is 0 Å². The second-order valence-electron chi connectivity index (χ2n) is 5.74. The van der Waals surface area contributed by atoms with Crippen LogP contribution >= 0.6 is 0 Å². The van der Waals surface area contributed by atoms with Gasteiger partial charge in [0.05, 0.1) is 20.6 Å². The Morgan fingerprint density at radius 2 is 1.50 bits per heavy atom. The highest BCUT2D eigenvalue weighted by Gasteiger charge is 2.26. The first-order valence-electron chi connectivity index (χ1n) is 5.20. The van der Waals surface area contributed by atoms with Crippen LogP contribution in [0.3, 0.4) is 0 Å². The Balaban J connectivity index is 2.86. The molecule has 0 aliphatic carbocycles. The zero-order valence-electron chi connectivity index (χ0n) is 10.0. The van der Waals surface area contributed by atoms with Crippen LogP contribution in [0.2, 0.25) is 0 Å². The van der Waals surface area contributed by atoms with Crippen molar-refractivity contribution < 1.29 is 0 Å². The minimum Gasteiger partial charge on any atom is -0.296 e. The molecule has 0 aliphatic heterocycles. The summed E-state index contributed by atoms with van der Waals surface area (Å²) in [7, 11) is 4.53. The van der Waals surface area contributed by atoms with Gasteiger partial charge in [-0.25, -0.2) is 0 Å². The molecule has 0 fully saturated rings. The second-order valence-corrected chi connectivity index (χ2v) is 5.74. The van der Waals surface area contributed by atoms with Crippen LogP contribution in [0.15, 0.2) is 30.3 Å². The summed E-state index contributed by atoms with van der Waals surface area (Å²) in [4.78, 5) is 0. The van der Waals surface area contributed by atoms with E-state index in [1.165, 1.54) is 5.69 Å². The van der Waals surface area contributed by atoms with Crippen LogP contribution in [0, 0.1) is 5.41 Å². The van der Waals surface area contributed by atoms with Crippen molar-refractivity contribution in [2.24, 2.45) is 5.41 Å². The molecule has 1 aromatic carbocycles. The van der Waals surface area contributed by atoms with Gasteiger partial charge in [0.15, 0.2) is 0 Å². The molecule has 1 rings (SSSR count). The molecule has 0 radical (unpaired) electrons. The molecular formula is C13H22N+. The van der Waals surface area contributed by atoms with Crippen LogP contribution < -0.4 is 4.48 Å². The second kappa shape index (κ2) is 3.74. The minimum absolute atomic E-state index is 0.360. The maximum absolute atomic E-state index is 2.29. The summed E-state index contributed by atoms with van der Waals surface area (Å²) in [5, 5.41) is 0. The maximum Gasteiger partial charge on any atom is 0.132 e. The van der Waals surface area contributed by atoms with Crippen molar-refractivity contribution in [3.63, 3.8) is 0 Å². The first kappa shape index (κ1) is 11.3. The Hall–Kier alpha value is -0.820. The third-order valence-corrected chi connectivity index (χ3v) is 2.32. The number of benzene rings is 1. The summed E-state index contributed by atoms with van der Waals surface area (Å²) in [5.41, 5.74) is 1.74. The lowest BCUT2D eigenvalue weighted by Gasteiger charge is -2.35. The smallest absolute Gasteiger partial charge is 0.132 e. The van der Waals surface area contributed by atoms with Crippen molar-refractivity contribution in [2.75, 3.05) is 20.6 Å². The van der Waals surface area contributed by atoms with Crippen LogP contribution in [0.25, 0.3) is 0 Å². The zero-order chi connectivity index (χ0) is 10.8. The molecule has 0 amide bonds. The fourth-order valence-corrected chi connectivity index (χ4v) is 2.11. The fourth-order valence-electron chi connectivity index (χ4n) is 2.11. The highest BCUT2D eigenvalue weighted by atomic mass is 15.3. The first-order valence-corrected chi connectivity index (χ1v) is 5.20. The van der Waals surface area contributed by atoms with Crippen molar-refractivity contribution >= 4 is 5.69 Å². The van der Waals surface area contributed by atoms with E-state index >= 15 is 0 Å². The van der Waals surface area contributed by atoms with Crippen molar-refractivity contribution in [3.8, 4) is 0 Å². The summed E-state index contributed by atoms with van der Waals surface area (Å²) in [6.45, 7) is 8.01. The largest absolute Gasteiger partial charge is 0.296 e. The lowest BCUT2D eigenvalue weighted by molar-refractivity contribution is 0.262. The molecule has 1 nitrogen and oxygen atoms in total. The van der Waals surface area contributed by atoms with Gasteiger partial charge in [0.25, 0.3) is 0 Å². The van der Waals surface area contributed by atoms with Gasteiger partial charge in [0.1, 0.15) is 5.69 Å². The monoisotopic (exact) mass is 192 g/mol. The molecule has 1 heteroatoms. The number of para-hydroxylation sites is 1. The van der Waals surface area contributed by atoms with Gasteiger partial charge in [0, 0.05) is 5.41 Å². The van der Waals surface area contributed by atoms with Gasteiger partial charge >= 0.3 is 0 Å². The van der Waals surface area contributed by atoms with E-state index in [4.69, 9.17) is 0 Å². The van der Waals surface area contributed by atoms with E-state index < -0.39 is 0 Å². The summed E-state index contributed by atoms with van der Waals surface area (Å²) >= 11 is 0. The molecule has 1 aromatic rings. The Kier molecular flexibility index (Phi) is 3.01. The SMILES string of the molecule is CC(C)(C)C[N+](C)(C)c1ccccc1. The number of hydrogen-bond acceptors (Lipinski definition) is 0. The Morgan fingerprint density at radius 1 is 1.00 bits per heavy atom. The fraction of sp³-hybridized carbons (Fsp3) is 0.538. The Bertz CT molecular complexity index is 280. The molecule has 78 valence electrons. The molecule has 0 atom stereocenters.